The summed E-state index contributed by atoms with van der Waals surface area (Å²) < 4.78 is 2.47. The van der Waals surface area contributed by atoms with Crippen molar-refractivity contribution < 1.29 is 0 Å². The van der Waals surface area contributed by atoms with E-state index in [4.69, 9.17) is 0 Å². The van der Waals surface area contributed by atoms with Crippen LogP contribution in [0.4, 0.5) is 0 Å². The normalized spacial score (nSPS) is 11.9. The molecule has 0 radical (unpaired) electrons. The van der Waals surface area contributed by atoms with Gasteiger partial charge in [-0.3, -0.25) is 0 Å². The van der Waals surface area contributed by atoms with Crippen molar-refractivity contribution in [2.24, 2.45) is 0 Å². The Morgan fingerprint density at radius 2 is 0.915 bits per heavy atom. The molecule has 0 atom stereocenters. The number of nitrogens with zero attached hydrogens (tertiary/aromatic N) is 1. The number of benzene rings is 2. The summed E-state index contributed by atoms with van der Waals surface area (Å²) in [6.07, 6.45) is 25.7. The predicted molar refractivity (Wildman–Crippen MR) is 270 cm³/mol. The van der Waals surface area contributed by atoms with Crippen LogP contribution < -0.4 is 0 Å². The van der Waals surface area contributed by atoms with Gasteiger partial charge < -0.3 is 4.57 Å². The summed E-state index contributed by atoms with van der Waals surface area (Å²) in [5.41, 5.74) is 10.3. The molecule has 0 fully saturated rings. The molecule has 7 aromatic rings. The highest BCUT2D eigenvalue weighted by Gasteiger charge is 2.22. The number of hydrogen-bond acceptors (Lipinski definition) is 4. The molecule has 5 heterocycles. The SMILES string of the molecule is CCCCCCc1csc(-c2sc(-c3sc(-c4sc(-c5ccc6c(c5)c5ccccc5n6CC)cc4CCCCCC)cc3CCCCCC)cc2CCCCCC)c1. The highest BCUT2D eigenvalue weighted by Crippen LogP contribution is 2.50. The first-order chi connectivity index (χ1) is 29.1. The summed E-state index contributed by atoms with van der Waals surface area (Å²) in [6.45, 7) is 12.6. The number of unbranched alkanes of at least 4 members (excludes halogenated alkanes) is 12. The first kappa shape index (κ1) is 44.1. The van der Waals surface area contributed by atoms with Crippen LogP contribution in [-0.2, 0) is 32.2 Å². The number of aromatic nitrogens is 1. The van der Waals surface area contributed by atoms with Crippen molar-refractivity contribution in [1.29, 1.82) is 0 Å². The molecule has 0 aliphatic carbocycles. The third-order valence-electron chi connectivity index (χ3n) is 12.3. The molecule has 0 aliphatic heterocycles. The van der Waals surface area contributed by atoms with Crippen LogP contribution in [-0.4, -0.2) is 4.57 Å². The second kappa shape index (κ2) is 22.2. The van der Waals surface area contributed by atoms with Gasteiger partial charge >= 0.3 is 0 Å². The minimum absolute atomic E-state index is 0.982. The van der Waals surface area contributed by atoms with Crippen molar-refractivity contribution >= 4 is 67.2 Å². The molecule has 314 valence electrons. The van der Waals surface area contributed by atoms with E-state index in [1.807, 2.05) is 22.7 Å². The summed E-state index contributed by atoms with van der Waals surface area (Å²) in [4.78, 5) is 10.5. The molecule has 0 amide bonds. The van der Waals surface area contributed by atoms with Gasteiger partial charge in [0.25, 0.3) is 0 Å². The molecular formula is C54H69NS4. The van der Waals surface area contributed by atoms with Crippen LogP contribution in [0.5, 0.6) is 0 Å². The van der Waals surface area contributed by atoms with E-state index in [-0.39, 0.29) is 0 Å². The summed E-state index contributed by atoms with van der Waals surface area (Å²) in [5, 5.41) is 5.20. The maximum absolute atomic E-state index is 2.63. The van der Waals surface area contributed by atoms with E-state index >= 15 is 0 Å². The largest absolute Gasteiger partial charge is 0.341 e. The van der Waals surface area contributed by atoms with E-state index in [1.54, 1.807) is 32.0 Å². The van der Waals surface area contributed by atoms with Crippen LogP contribution in [0.3, 0.4) is 0 Å². The molecule has 5 aromatic heterocycles. The van der Waals surface area contributed by atoms with Gasteiger partial charge in [0.2, 0.25) is 0 Å². The summed E-state index contributed by atoms with van der Waals surface area (Å²) >= 11 is 8.23. The lowest BCUT2D eigenvalue weighted by atomic mass is 10.0. The number of thiophene rings is 4. The van der Waals surface area contributed by atoms with Crippen molar-refractivity contribution in [2.75, 3.05) is 0 Å². The van der Waals surface area contributed by atoms with Gasteiger partial charge in [0.15, 0.2) is 0 Å². The standard InChI is InChI=1S/C54H69NS4/c1-6-11-15-19-25-39-33-49(56-38-39)52-42(27-21-17-13-8-3)36-51(58-52)54-43(28-22-18-14-9-4)37-50(59-54)53-41(26-20-16-12-7-2)35-48(57-53)40-31-32-47-45(34-40)44-29-23-24-30-46(44)55(47)10-5/h23-24,29-38H,6-22,25-28H2,1-5H3. The second-order valence-corrected chi connectivity index (χ2v) is 21.0. The molecular weight excluding hydrogens is 791 g/mol. The molecule has 0 saturated carbocycles. The van der Waals surface area contributed by atoms with Crippen molar-refractivity contribution in [3.8, 4) is 39.7 Å². The first-order valence-electron chi connectivity index (χ1n) is 23.5. The molecule has 2 aromatic carbocycles. The molecule has 0 saturated heterocycles. The van der Waals surface area contributed by atoms with Gasteiger partial charge in [-0.15, -0.1) is 45.3 Å². The Hall–Kier alpha value is -2.96. The van der Waals surface area contributed by atoms with Gasteiger partial charge in [0, 0.05) is 62.5 Å². The average Bonchev–Trinajstić information content (AvgIpc) is 4.11. The maximum atomic E-state index is 2.63. The molecule has 0 spiro atoms. The Balaban J connectivity index is 1.28. The number of aryl methyl sites for hydroxylation is 5. The Kier molecular flexibility index (Phi) is 16.6. The van der Waals surface area contributed by atoms with E-state index in [0.717, 1.165) is 13.0 Å². The lowest BCUT2D eigenvalue weighted by molar-refractivity contribution is 0.667. The number of rotatable bonds is 25. The maximum Gasteiger partial charge on any atom is 0.0491 e. The van der Waals surface area contributed by atoms with E-state index in [1.165, 1.54) is 174 Å². The molecule has 0 bridgehead atoms. The Labute approximate surface area is 372 Å². The zero-order chi connectivity index (χ0) is 41.0. The lowest BCUT2D eigenvalue weighted by Crippen LogP contribution is -1.92. The van der Waals surface area contributed by atoms with Gasteiger partial charge in [-0.2, -0.15) is 0 Å². The zero-order valence-electron chi connectivity index (χ0n) is 36.9. The van der Waals surface area contributed by atoms with Crippen molar-refractivity contribution in [1.82, 2.24) is 4.57 Å². The Morgan fingerprint density at radius 3 is 1.47 bits per heavy atom. The quantitative estimate of drug-likeness (QED) is 0.0505. The van der Waals surface area contributed by atoms with Crippen LogP contribution in [0.15, 0.2) is 72.1 Å². The molecule has 0 aliphatic rings. The monoisotopic (exact) mass is 859 g/mol. The fourth-order valence-corrected chi connectivity index (χ4v) is 14.0. The fraction of sp³-hybridized carbons (Fsp3) is 0.481. The fourth-order valence-electron chi connectivity index (χ4n) is 8.99. The van der Waals surface area contributed by atoms with Gasteiger partial charge in [0.1, 0.15) is 0 Å². The molecule has 0 unspecified atom stereocenters. The Bertz CT molecular complexity index is 2350. The van der Waals surface area contributed by atoms with Crippen molar-refractivity contribution in [3.05, 3.63) is 94.4 Å². The summed E-state index contributed by atoms with van der Waals surface area (Å²) in [5.74, 6) is 0. The highest BCUT2D eigenvalue weighted by molar-refractivity contribution is 7.29. The third kappa shape index (κ3) is 10.7. The second-order valence-electron chi connectivity index (χ2n) is 17.0. The predicted octanol–water partition coefficient (Wildman–Crippen LogP) is 19.2. The topological polar surface area (TPSA) is 4.93 Å². The van der Waals surface area contributed by atoms with Gasteiger partial charge in [-0.05, 0) is 134 Å². The molecule has 7 rings (SSSR count). The van der Waals surface area contributed by atoms with Crippen LogP contribution in [0.2, 0.25) is 0 Å². The smallest absolute Gasteiger partial charge is 0.0491 e. The lowest BCUT2D eigenvalue weighted by Gasteiger charge is -2.03. The van der Waals surface area contributed by atoms with Gasteiger partial charge in [-0.25, -0.2) is 0 Å². The summed E-state index contributed by atoms with van der Waals surface area (Å²) in [6, 6.07) is 26.6. The molecule has 59 heavy (non-hydrogen) atoms. The van der Waals surface area contributed by atoms with E-state index in [2.05, 4.69) is 134 Å². The highest BCUT2D eigenvalue weighted by atomic mass is 32.1. The first-order valence-corrected chi connectivity index (χ1v) is 26.9. The molecule has 0 N–H and O–H groups in total. The third-order valence-corrected chi connectivity index (χ3v) is 17.4. The average molecular weight is 860 g/mol. The van der Waals surface area contributed by atoms with Crippen LogP contribution in [0, 0.1) is 0 Å². The minimum atomic E-state index is 0.982. The summed E-state index contributed by atoms with van der Waals surface area (Å²) in [7, 11) is 0. The van der Waals surface area contributed by atoms with Crippen LogP contribution in [0.1, 0.15) is 160 Å². The van der Waals surface area contributed by atoms with Gasteiger partial charge in [-0.1, -0.05) is 129 Å². The Morgan fingerprint density at radius 1 is 0.424 bits per heavy atom. The molecule has 5 heteroatoms. The number of fused-ring (bicyclic) bond motifs is 3. The van der Waals surface area contributed by atoms with E-state index in [0.29, 0.717) is 0 Å². The molecule has 1 nitrogen and oxygen atoms in total. The van der Waals surface area contributed by atoms with Crippen molar-refractivity contribution in [2.45, 2.75) is 170 Å². The van der Waals surface area contributed by atoms with E-state index < -0.39 is 0 Å². The zero-order valence-corrected chi connectivity index (χ0v) is 40.1. The van der Waals surface area contributed by atoms with E-state index in [9.17, 15) is 0 Å². The van der Waals surface area contributed by atoms with Crippen LogP contribution >= 0.6 is 45.3 Å². The van der Waals surface area contributed by atoms with Gasteiger partial charge in [0.05, 0.1) is 0 Å². The van der Waals surface area contributed by atoms with Crippen molar-refractivity contribution in [3.63, 3.8) is 0 Å². The minimum Gasteiger partial charge on any atom is -0.341 e. The number of hydrogen-bond donors (Lipinski definition) is 0. The van der Waals surface area contributed by atoms with Crippen LogP contribution in [0.25, 0.3) is 61.5 Å². The number of para-hydroxylation sites is 1.